The Morgan fingerprint density at radius 3 is 2.49 bits per heavy atom. The van der Waals surface area contributed by atoms with E-state index in [0.717, 1.165) is 11.8 Å². The number of para-hydroxylation sites is 1. The predicted molar refractivity (Wildman–Crippen MR) is 146 cm³/mol. The average molecular weight is 528 g/mol. The maximum absolute atomic E-state index is 13.1. The van der Waals surface area contributed by atoms with Gasteiger partial charge in [0.1, 0.15) is 0 Å². The van der Waals surface area contributed by atoms with Crippen molar-refractivity contribution in [3.05, 3.63) is 95.5 Å². The Labute approximate surface area is 222 Å². The molecule has 0 radical (unpaired) electrons. The van der Waals surface area contributed by atoms with Crippen LogP contribution < -0.4 is 15.6 Å². The number of thiocarbonyl (C=S) groups is 1. The van der Waals surface area contributed by atoms with E-state index < -0.39 is 23.6 Å². The van der Waals surface area contributed by atoms with Gasteiger partial charge in [-0.2, -0.15) is 5.10 Å². The van der Waals surface area contributed by atoms with E-state index in [1.807, 2.05) is 48.5 Å². The normalized spacial score (nSPS) is 15.8. The van der Waals surface area contributed by atoms with Gasteiger partial charge in [-0.25, -0.2) is 10.4 Å². The van der Waals surface area contributed by atoms with E-state index in [9.17, 15) is 14.4 Å². The third-order valence-electron chi connectivity index (χ3n) is 5.71. The van der Waals surface area contributed by atoms with Gasteiger partial charge in [0.15, 0.2) is 11.0 Å². The molecule has 0 unspecified atom stereocenters. The third kappa shape index (κ3) is 4.95. The van der Waals surface area contributed by atoms with Gasteiger partial charge < -0.3 is 5.32 Å². The molecule has 0 saturated carbocycles. The van der Waals surface area contributed by atoms with Gasteiger partial charge in [0.25, 0.3) is 11.8 Å². The summed E-state index contributed by atoms with van der Waals surface area (Å²) >= 11 is 11.1. The van der Waals surface area contributed by atoms with Crippen LogP contribution in [0.4, 0.5) is 5.69 Å². The number of hydrogen-bond donors (Lipinski definition) is 2. The van der Waals surface area contributed by atoms with E-state index in [4.69, 9.17) is 23.8 Å². The zero-order valence-corrected chi connectivity index (χ0v) is 20.7. The number of hydrogen-bond acceptors (Lipinski definition) is 6. The molecule has 0 aliphatic carbocycles. The van der Waals surface area contributed by atoms with E-state index in [-0.39, 0.29) is 5.11 Å². The Bertz CT molecular complexity index is 1570. The number of carbonyl (C=O) groups excluding carboxylic acids is 3. The molecule has 182 valence electrons. The molecule has 2 N–H and O–H groups in total. The highest BCUT2D eigenvalue weighted by molar-refractivity contribution is 7.80. The van der Waals surface area contributed by atoms with Crippen LogP contribution in [0.5, 0.6) is 0 Å². The first kappa shape index (κ1) is 24.2. The molecule has 10 heteroatoms. The average Bonchev–Trinajstić information content (AvgIpc) is 2.91. The number of anilines is 1. The number of amides is 3. The molecule has 3 amide bonds. The molecule has 4 aromatic rings. The van der Waals surface area contributed by atoms with Gasteiger partial charge in [-0.3, -0.25) is 19.3 Å². The summed E-state index contributed by atoms with van der Waals surface area (Å²) in [5, 5.41) is 7.50. The SMILES string of the molecule is O=C(N/N=C/[C@H]1C(=O)NC(=S)N(c2ccc(Cl)cc2)C1=O)c1cc(-c2ccccc2)nc2ccccc12. The zero-order valence-electron chi connectivity index (χ0n) is 19.1. The largest absolute Gasteiger partial charge is 0.301 e. The standard InChI is InChI=1S/C27H18ClN5O3S/c28-17-10-12-18(13-11-17)33-26(36)21(24(34)31-27(33)37)15-29-32-25(35)20-14-23(16-6-2-1-3-7-16)30-22-9-5-4-8-19(20)22/h1-15,21H,(H,32,35)(H,31,34,37)/b29-15+/t21-/m0/s1. The molecule has 1 saturated heterocycles. The van der Waals surface area contributed by atoms with Gasteiger partial charge in [-0.1, -0.05) is 60.1 Å². The Morgan fingerprint density at radius 1 is 1.03 bits per heavy atom. The van der Waals surface area contributed by atoms with E-state index in [1.54, 1.807) is 36.4 Å². The number of aromatic nitrogens is 1. The van der Waals surface area contributed by atoms with Crippen molar-refractivity contribution in [3.8, 4) is 11.3 Å². The lowest BCUT2D eigenvalue weighted by Crippen LogP contribution is -2.58. The quantitative estimate of drug-likeness (QED) is 0.174. The molecular formula is C27H18ClN5O3S. The van der Waals surface area contributed by atoms with Crippen LogP contribution in [0.15, 0.2) is 90.0 Å². The molecule has 1 aromatic heterocycles. The van der Waals surface area contributed by atoms with Crippen LogP contribution in [0.25, 0.3) is 22.2 Å². The first-order valence-electron chi connectivity index (χ1n) is 11.2. The van der Waals surface area contributed by atoms with Gasteiger partial charge in [0.2, 0.25) is 5.91 Å². The lowest BCUT2D eigenvalue weighted by molar-refractivity contribution is -0.130. The number of hydrazone groups is 1. The second kappa shape index (κ2) is 10.3. The first-order chi connectivity index (χ1) is 17.9. The number of halogens is 1. The first-order valence-corrected chi connectivity index (χ1v) is 11.9. The van der Waals surface area contributed by atoms with Gasteiger partial charge in [-0.15, -0.1) is 0 Å². The maximum atomic E-state index is 13.1. The van der Waals surface area contributed by atoms with Gasteiger partial charge >= 0.3 is 0 Å². The smallest absolute Gasteiger partial charge is 0.272 e. The van der Waals surface area contributed by atoms with E-state index in [2.05, 4.69) is 20.8 Å². The van der Waals surface area contributed by atoms with Crippen molar-refractivity contribution in [2.24, 2.45) is 11.0 Å². The van der Waals surface area contributed by atoms with Crippen LogP contribution in [0.1, 0.15) is 10.4 Å². The Morgan fingerprint density at radius 2 is 1.73 bits per heavy atom. The minimum atomic E-state index is -1.29. The minimum absolute atomic E-state index is 0.0531. The Balaban J connectivity index is 1.40. The topological polar surface area (TPSA) is 104 Å². The number of benzene rings is 3. The molecule has 0 spiro atoms. The molecule has 37 heavy (non-hydrogen) atoms. The zero-order chi connectivity index (χ0) is 25.9. The number of pyridine rings is 1. The summed E-state index contributed by atoms with van der Waals surface area (Å²) in [5.74, 6) is -3.05. The third-order valence-corrected chi connectivity index (χ3v) is 6.24. The number of carbonyl (C=O) groups is 3. The highest BCUT2D eigenvalue weighted by atomic mass is 35.5. The fraction of sp³-hybridized carbons (Fsp3) is 0.0370. The second-order valence-electron chi connectivity index (χ2n) is 8.08. The van der Waals surface area contributed by atoms with Gasteiger partial charge in [0, 0.05) is 22.2 Å². The lowest BCUT2D eigenvalue weighted by atomic mass is 10.0. The van der Waals surface area contributed by atoms with Crippen molar-refractivity contribution in [1.82, 2.24) is 15.7 Å². The minimum Gasteiger partial charge on any atom is -0.301 e. The summed E-state index contributed by atoms with van der Waals surface area (Å²) in [4.78, 5) is 44.6. The monoisotopic (exact) mass is 527 g/mol. The molecular weight excluding hydrogens is 510 g/mol. The summed E-state index contributed by atoms with van der Waals surface area (Å²) in [6.07, 6.45) is 1.09. The number of nitrogens with zero attached hydrogens (tertiary/aromatic N) is 3. The maximum Gasteiger partial charge on any atom is 0.272 e. The van der Waals surface area contributed by atoms with Gasteiger partial charge in [0.05, 0.1) is 22.5 Å². The molecule has 3 aromatic carbocycles. The molecule has 0 bridgehead atoms. The lowest BCUT2D eigenvalue weighted by Gasteiger charge is -2.30. The summed E-state index contributed by atoms with van der Waals surface area (Å²) in [7, 11) is 0. The fourth-order valence-electron chi connectivity index (χ4n) is 3.91. The molecule has 1 aliphatic rings. The van der Waals surface area contributed by atoms with E-state index in [1.165, 1.54) is 4.90 Å². The summed E-state index contributed by atoms with van der Waals surface area (Å²) in [6, 6.07) is 24.9. The molecule has 8 nitrogen and oxygen atoms in total. The predicted octanol–water partition coefficient (Wildman–Crippen LogP) is 4.33. The van der Waals surface area contributed by atoms with E-state index in [0.29, 0.717) is 32.9 Å². The Kier molecular flexibility index (Phi) is 6.72. The van der Waals surface area contributed by atoms with Crippen molar-refractivity contribution in [1.29, 1.82) is 0 Å². The summed E-state index contributed by atoms with van der Waals surface area (Å²) < 4.78 is 0. The molecule has 1 fully saturated rings. The van der Waals surface area contributed by atoms with Crippen LogP contribution in [0.3, 0.4) is 0 Å². The summed E-state index contributed by atoms with van der Waals surface area (Å²) in [5.41, 5.74) is 5.36. The van der Waals surface area contributed by atoms with Crippen molar-refractivity contribution >= 4 is 69.5 Å². The fourth-order valence-corrected chi connectivity index (χ4v) is 4.33. The van der Waals surface area contributed by atoms with Crippen molar-refractivity contribution in [2.45, 2.75) is 0 Å². The highest BCUT2D eigenvalue weighted by Gasteiger charge is 2.38. The number of nitrogens with one attached hydrogen (secondary N) is 2. The van der Waals surface area contributed by atoms with Crippen LogP contribution in [-0.4, -0.2) is 34.0 Å². The molecule has 1 aliphatic heterocycles. The second-order valence-corrected chi connectivity index (χ2v) is 8.90. The van der Waals surface area contributed by atoms with Crippen LogP contribution >= 0.6 is 23.8 Å². The number of rotatable bonds is 5. The van der Waals surface area contributed by atoms with Crippen LogP contribution in [0, 0.1) is 5.92 Å². The molecule has 5 rings (SSSR count). The Hall–Kier alpha value is -4.47. The van der Waals surface area contributed by atoms with Crippen molar-refractivity contribution in [2.75, 3.05) is 4.90 Å². The molecule has 1 atom stereocenters. The van der Waals surface area contributed by atoms with Crippen LogP contribution in [0.2, 0.25) is 5.02 Å². The highest BCUT2D eigenvalue weighted by Crippen LogP contribution is 2.25. The summed E-state index contributed by atoms with van der Waals surface area (Å²) in [6.45, 7) is 0. The number of fused-ring (bicyclic) bond motifs is 1. The van der Waals surface area contributed by atoms with Crippen molar-refractivity contribution < 1.29 is 14.4 Å². The van der Waals surface area contributed by atoms with Crippen LogP contribution in [-0.2, 0) is 9.59 Å². The van der Waals surface area contributed by atoms with Gasteiger partial charge in [-0.05, 0) is 48.6 Å². The van der Waals surface area contributed by atoms with Crippen molar-refractivity contribution in [3.63, 3.8) is 0 Å². The van der Waals surface area contributed by atoms with E-state index >= 15 is 0 Å². The molecule has 2 heterocycles.